The van der Waals surface area contributed by atoms with Crippen LogP contribution in [0.4, 0.5) is 4.39 Å². The Balaban J connectivity index is 2.41. The van der Waals surface area contributed by atoms with Crippen LogP contribution in [0.3, 0.4) is 0 Å². The van der Waals surface area contributed by atoms with E-state index in [2.05, 4.69) is 19.2 Å². The number of benzene rings is 1. The standard InChI is InChI=1S/C13H19FN2O2/c1-9(2)16-6-3-7-18-12-5-4-10(13(15)17)8-11(12)14/h4-5,8-9,16H,3,6-7H2,1-2H3,(H2,15,17). The topological polar surface area (TPSA) is 64.3 Å². The van der Waals surface area contributed by atoms with E-state index in [-0.39, 0.29) is 11.3 Å². The van der Waals surface area contributed by atoms with Gasteiger partial charge in [-0.05, 0) is 31.2 Å². The van der Waals surface area contributed by atoms with Crippen LogP contribution < -0.4 is 15.8 Å². The number of ether oxygens (including phenoxy) is 1. The normalized spacial score (nSPS) is 10.7. The number of nitrogens with two attached hydrogens (primary N) is 1. The molecule has 1 rings (SSSR count). The first-order valence-electron chi connectivity index (χ1n) is 5.96. The van der Waals surface area contributed by atoms with Gasteiger partial charge in [0.2, 0.25) is 5.91 Å². The molecule has 0 saturated carbocycles. The Kier molecular flexibility index (Phi) is 5.58. The lowest BCUT2D eigenvalue weighted by molar-refractivity contribution is 0.1000. The summed E-state index contributed by atoms with van der Waals surface area (Å²) in [5.41, 5.74) is 5.19. The number of carbonyl (C=O) groups is 1. The van der Waals surface area contributed by atoms with Crippen LogP contribution in [-0.4, -0.2) is 25.1 Å². The Morgan fingerprint density at radius 1 is 1.50 bits per heavy atom. The molecule has 0 aromatic heterocycles. The quantitative estimate of drug-likeness (QED) is 0.728. The average Bonchev–Trinajstić information content (AvgIpc) is 2.29. The van der Waals surface area contributed by atoms with E-state index < -0.39 is 11.7 Å². The Bertz CT molecular complexity index is 408. The van der Waals surface area contributed by atoms with Gasteiger partial charge in [0.05, 0.1) is 6.61 Å². The Labute approximate surface area is 106 Å². The fourth-order valence-electron chi connectivity index (χ4n) is 1.42. The summed E-state index contributed by atoms with van der Waals surface area (Å²) in [6, 6.07) is 4.39. The number of hydrogen-bond donors (Lipinski definition) is 2. The molecular weight excluding hydrogens is 235 g/mol. The molecule has 1 aromatic carbocycles. The third-order valence-electron chi connectivity index (χ3n) is 2.35. The lowest BCUT2D eigenvalue weighted by Crippen LogP contribution is -2.24. The molecule has 0 unspecified atom stereocenters. The van der Waals surface area contributed by atoms with Crippen LogP contribution in [0.1, 0.15) is 30.6 Å². The van der Waals surface area contributed by atoms with Gasteiger partial charge in [-0.25, -0.2) is 4.39 Å². The summed E-state index contributed by atoms with van der Waals surface area (Å²) in [6.45, 7) is 5.36. The van der Waals surface area contributed by atoms with E-state index in [1.807, 2.05) is 0 Å². The van der Waals surface area contributed by atoms with Crippen LogP contribution in [0, 0.1) is 5.82 Å². The monoisotopic (exact) mass is 254 g/mol. The van der Waals surface area contributed by atoms with Gasteiger partial charge in [-0.3, -0.25) is 4.79 Å². The number of primary amides is 1. The molecule has 0 heterocycles. The van der Waals surface area contributed by atoms with E-state index in [1.54, 1.807) is 0 Å². The van der Waals surface area contributed by atoms with Crippen molar-refractivity contribution in [2.24, 2.45) is 5.73 Å². The number of rotatable bonds is 7. The fraction of sp³-hybridized carbons (Fsp3) is 0.462. The van der Waals surface area contributed by atoms with Crippen LogP contribution in [0.5, 0.6) is 5.75 Å². The van der Waals surface area contributed by atoms with Crippen molar-refractivity contribution in [1.82, 2.24) is 5.32 Å². The summed E-state index contributed by atoms with van der Waals surface area (Å²) >= 11 is 0. The smallest absolute Gasteiger partial charge is 0.248 e. The van der Waals surface area contributed by atoms with Crippen LogP contribution in [-0.2, 0) is 0 Å². The lowest BCUT2D eigenvalue weighted by Gasteiger charge is -2.10. The third-order valence-corrected chi connectivity index (χ3v) is 2.35. The summed E-state index contributed by atoms with van der Waals surface area (Å²) in [4.78, 5) is 10.8. The molecule has 0 aliphatic rings. The van der Waals surface area contributed by atoms with Gasteiger partial charge in [-0.1, -0.05) is 13.8 Å². The van der Waals surface area contributed by atoms with E-state index in [1.165, 1.54) is 12.1 Å². The first-order valence-corrected chi connectivity index (χ1v) is 5.96. The van der Waals surface area contributed by atoms with E-state index in [0.717, 1.165) is 19.0 Å². The van der Waals surface area contributed by atoms with Gasteiger partial charge in [0.25, 0.3) is 0 Å². The van der Waals surface area contributed by atoms with E-state index in [4.69, 9.17) is 10.5 Å². The lowest BCUT2D eigenvalue weighted by atomic mass is 10.2. The number of carbonyl (C=O) groups excluding carboxylic acids is 1. The molecule has 100 valence electrons. The van der Waals surface area contributed by atoms with Gasteiger partial charge in [0.1, 0.15) is 0 Å². The maximum Gasteiger partial charge on any atom is 0.248 e. The second-order valence-corrected chi connectivity index (χ2v) is 4.32. The summed E-state index contributed by atoms with van der Waals surface area (Å²) in [6.07, 6.45) is 0.787. The Morgan fingerprint density at radius 3 is 2.78 bits per heavy atom. The Hall–Kier alpha value is -1.62. The molecule has 0 aliphatic heterocycles. The molecule has 0 spiro atoms. The third kappa shape index (κ3) is 4.71. The average molecular weight is 254 g/mol. The zero-order valence-electron chi connectivity index (χ0n) is 10.7. The van der Waals surface area contributed by atoms with Crippen molar-refractivity contribution < 1.29 is 13.9 Å². The van der Waals surface area contributed by atoms with Crippen molar-refractivity contribution in [2.45, 2.75) is 26.3 Å². The first kappa shape index (κ1) is 14.4. The highest BCUT2D eigenvalue weighted by Crippen LogP contribution is 2.18. The zero-order chi connectivity index (χ0) is 13.5. The van der Waals surface area contributed by atoms with Crippen molar-refractivity contribution in [3.63, 3.8) is 0 Å². The van der Waals surface area contributed by atoms with Gasteiger partial charge >= 0.3 is 0 Å². The summed E-state index contributed by atoms with van der Waals surface area (Å²) in [7, 11) is 0. The second kappa shape index (κ2) is 6.96. The van der Waals surface area contributed by atoms with Gasteiger partial charge in [0.15, 0.2) is 11.6 Å². The first-order chi connectivity index (χ1) is 8.50. The fourth-order valence-corrected chi connectivity index (χ4v) is 1.42. The number of hydrogen-bond acceptors (Lipinski definition) is 3. The SMILES string of the molecule is CC(C)NCCCOc1ccc(C(N)=O)cc1F. The molecule has 0 saturated heterocycles. The number of amides is 1. The largest absolute Gasteiger partial charge is 0.490 e. The van der Waals surface area contributed by atoms with Crippen LogP contribution in [0.25, 0.3) is 0 Å². The molecule has 18 heavy (non-hydrogen) atoms. The van der Waals surface area contributed by atoms with Crippen molar-refractivity contribution in [1.29, 1.82) is 0 Å². The summed E-state index contributed by atoms with van der Waals surface area (Å²) in [5, 5.41) is 3.24. The Morgan fingerprint density at radius 2 is 2.22 bits per heavy atom. The van der Waals surface area contributed by atoms with Crippen molar-refractivity contribution in [3.05, 3.63) is 29.6 Å². The molecule has 4 nitrogen and oxygen atoms in total. The molecule has 1 amide bonds. The van der Waals surface area contributed by atoms with Crippen LogP contribution >= 0.6 is 0 Å². The van der Waals surface area contributed by atoms with E-state index in [0.29, 0.717) is 12.6 Å². The summed E-state index contributed by atoms with van der Waals surface area (Å²) in [5.74, 6) is -1.07. The van der Waals surface area contributed by atoms with Crippen molar-refractivity contribution >= 4 is 5.91 Å². The van der Waals surface area contributed by atoms with Crippen molar-refractivity contribution in [3.8, 4) is 5.75 Å². The van der Waals surface area contributed by atoms with Gasteiger partial charge in [-0.2, -0.15) is 0 Å². The molecule has 0 atom stereocenters. The predicted octanol–water partition coefficient (Wildman–Crippen LogP) is 1.69. The van der Waals surface area contributed by atoms with Crippen LogP contribution in [0.2, 0.25) is 0 Å². The highest BCUT2D eigenvalue weighted by molar-refractivity contribution is 5.92. The number of halogens is 1. The van der Waals surface area contributed by atoms with Crippen molar-refractivity contribution in [2.75, 3.05) is 13.2 Å². The maximum atomic E-state index is 13.5. The molecule has 0 fully saturated rings. The minimum atomic E-state index is -0.651. The van der Waals surface area contributed by atoms with Crippen LogP contribution in [0.15, 0.2) is 18.2 Å². The maximum absolute atomic E-state index is 13.5. The summed E-state index contributed by atoms with van der Waals surface area (Å²) < 4.78 is 18.8. The molecule has 0 radical (unpaired) electrons. The molecule has 5 heteroatoms. The minimum absolute atomic E-state index is 0.140. The second-order valence-electron chi connectivity index (χ2n) is 4.32. The predicted molar refractivity (Wildman–Crippen MR) is 68.2 cm³/mol. The highest BCUT2D eigenvalue weighted by Gasteiger charge is 2.07. The molecular formula is C13H19FN2O2. The van der Waals surface area contributed by atoms with Gasteiger partial charge < -0.3 is 15.8 Å². The molecule has 0 aliphatic carbocycles. The van der Waals surface area contributed by atoms with Gasteiger partial charge in [-0.15, -0.1) is 0 Å². The van der Waals surface area contributed by atoms with E-state index >= 15 is 0 Å². The van der Waals surface area contributed by atoms with Gasteiger partial charge in [0, 0.05) is 11.6 Å². The minimum Gasteiger partial charge on any atom is -0.490 e. The van der Waals surface area contributed by atoms with E-state index in [9.17, 15) is 9.18 Å². The zero-order valence-corrected chi connectivity index (χ0v) is 10.7. The molecule has 1 aromatic rings. The molecule has 0 bridgehead atoms. The highest BCUT2D eigenvalue weighted by atomic mass is 19.1. The molecule has 3 N–H and O–H groups in total. The number of nitrogens with one attached hydrogen (secondary N) is 1.